The van der Waals surface area contributed by atoms with Crippen LogP contribution in [0.25, 0.3) is 0 Å². The first-order chi connectivity index (χ1) is 8.37. The highest BCUT2D eigenvalue weighted by Gasteiger charge is 2.13. The number of ether oxygens (including phenoxy) is 1. The molecule has 0 bridgehead atoms. The van der Waals surface area contributed by atoms with E-state index < -0.39 is 6.10 Å². The topological polar surface area (TPSA) is 41.5 Å². The molecule has 0 spiro atoms. The molecule has 104 valence electrons. The molecule has 1 aromatic rings. The summed E-state index contributed by atoms with van der Waals surface area (Å²) in [6.45, 7) is 7.79. The molecule has 1 heterocycles. The van der Waals surface area contributed by atoms with Gasteiger partial charge in [-0.05, 0) is 55.3 Å². The van der Waals surface area contributed by atoms with Gasteiger partial charge in [-0.1, -0.05) is 0 Å². The van der Waals surface area contributed by atoms with Crippen LogP contribution in [0.2, 0.25) is 0 Å². The average molecular weight is 336 g/mol. The van der Waals surface area contributed by atoms with E-state index in [1.54, 1.807) is 11.3 Å². The van der Waals surface area contributed by atoms with Crippen LogP contribution in [0.15, 0.2) is 15.9 Å². The number of rotatable bonds is 7. The zero-order chi connectivity index (χ0) is 13.6. The third kappa shape index (κ3) is 7.48. The summed E-state index contributed by atoms with van der Waals surface area (Å²) in [5, 5.41) is 13.0. The fourth-order valence-corrected chi connectivity index (χ4v) is 2.85. The standard InChI is InChI=1S/C13H22BrNO2S/c1-13(2,3)17-9-10(16)8-15-7-6-11-4-5-12(14)18-11/h4-5,10,15-16H,6-9H2,1-3H3. The molecule has 3 nitrogen and oxygen atoms in total. The van der Waals surface area contributed by atoms with Crippen LogP contribution in [0.3, 0.4) is 0 Å². The van der Waals surface area contributed by atoms with Gasteiger partial charge in [-0.25, -0.2) is 0 Å². The van der Waals surface area contributed by atoms with Crippen molar-refractivity contribution >= 4 is 27.3 Å². The first-order valence-electron chi connectivity index (χ1n) is 6.14. The van der Waals surface area contributed by atoms with Gasteiger partial charge < -0.3 is 15.2 Å². The van der Waals surface area contributed by atoms with Crippen LogP contribution in [0, 0.1) is 0 Å². The molecule has 0 aromatic carbocycles. The predicted octanol–water partition coefficient (Wildman–Crippen LogP) is 2.82. The highest BCUT2D eigenvalue weighted by atomic mass is 79.9. The Labute approximate surface area is 122 Å². The lowest BCUT2D eigenvalue weighted by molar-refractivity contribution is -0.0477. The SMILES string of the molecule is CC(C)(C)OCC(O)CNCCc1ccc(Br)s1. The van der Waals surface area contributed by atoms with Crippen LogP contribution in [0.4, 0.5) is 0 Å². The average Bonchev–Trinajstić information content (AvgIpc) is 2.67. The van der Waals surface area contributed by atoms with E-state index in [4.69, 9.17) is 4.74 Å². The number of aliphatic hydroxyl groups excluding tert-OH is 1. The number of hydrogen-bond acceptors (Lipinski definition) is 4. The predicted molar refractivity (Wildman–Crippen MR) is 80.3 cm³/mol. The molecule has 1 unspecified atom stereocenters. The Morgan fingerprint density at radius 3 is 2.72 bits per heavy atom. The van der Waals surface area contributed by atoms with Gasteiger partial charge in [0.2, 0.25) is 0 Å². The van der Waals surface area contributed by atoms with Crippen molar-refractivity contribution < 1.29 is 9.84 Å². The van der Waals surface area contributed by atoms with Crippen molar-refractivity contribution in [1.82, 2.24) is 5.32 Å². The number of hydrogen-bond donors (Lipinski definition) is 2. The summed E-state index contributed by atoms with van der Waals surface area (Å²) in [5.41, 5.74) is -0.190. The minimum absolute atomic E-state index is 0.190. The van der Waals surface area contributed by atoms with Gasteiger partial charge in [-0.15, -0.1) is 11.3 Å². The van der Waals surface area contributed by atoms with E-state index in [2.05, 4.69) is 33.4 Å². The first kappa shape index (κ1) is 16.1. The monoisotopic (exact) mass is 335 g/mol. The lowest BCUT2D eigenvalue weighted by Crippen LogP contribution is -2.34. The molecule has 1 atom stereocenters. The Hall–Kier alpha value is 0.0600. The fourth-order valence-electron chi connectivity index (χ4n) is 1.37. The highest BCUT2D eigenvalue weighted by molar-refractivity contribution is 9.11. The molecule has 0 aliphatic rings. The molecule has 0 saturated heterocycles. The van der Waals surface area contributed by atoms with E-state index in [1.807, 2.05) is 20.8 Å². The molecule has 1 aromatic heterocycles. The van der Waals surface area contributed by atoms with Gasteiger partial charge in [-0.3, -0.25) is 0 Å². The third-order valence-electron chi connectivity index (χ3n) is 2.27. The molecule has 0 saturated carbocycles. The van der Waals surface area contributed by atoms with Gasteiger partial charge >= 0.3 is 0 Å². The van der Waals surface area contributed by atoms with Crippen LogP contribution in [0.1, 0.15) is 25.6 Å². The van der Waals surface area contributed by atoms with Crippen molar-refractivity contribution in [2.24, 2.45) is 0 Å². The van der Waals surface area contributed by atoms with Crippen LogP contribution < -0.4 is 5.32 Å². The van der Waals surface area contributed by atoms with Gasteiger partial charge in [0.25, 0.3) is 0 Å². The van der Waals surface area contributed by atoms with E-state index in [9.17, 15) is 5.11 Å². The van der Waals surface area contributed by atoms with E-state index in [-0.39, 0.29) is 5.60 Å². The van der Waals surface area contributed by atoms with E-state index in [0.29, 0.717) is 13.2 Å². The molecular weight excluding hydrogens is 314 g/mol. The number of halogens is 1. The normalized spacial score (nSPS) is 13.8. The number of aliphatic hydroxyl groups is 1. The van der Waals surface area contributed by atoms with Crippen molar-refractivity contribution in [2.45, 2.75) is 38.9 Å². The Morgan fingerprint density at radius 1 is 1.44 bits per heavy atom. The first-order valence-corrected chi connectivity index (χ1v) is 7.75. The fraction of sp³-hybridized carbons (Fsp3) is 0.692. The van der Waals surface area contributed by atoms with Crippen molar-refractivity contribution in [3.63, 3.8) is 0 Å². The smallest absolute Gasteiger partial charge is 0.0897 e. The summed E-state index contributed by atoms with van der Waals surface area (Å²) >= 11 is 5.19. The molecule has 0 amide bonds. The van der Waals surface area contributed by atoms with Gasteiger partial charge in [0, 0.05) is 18.0 Å². The molecule has 0 radical (unpaired) electrons. The van der Waals surface area contributed by atoms with Crippen molar-refractivity contribution in [3.05, 3.63) is 20.8 Å². The molecular formula is C13H22BrNO2S. The molecule has 2 N–H and O–H groups in total. The molecule has 18 heavy (non-hydrogen) atoms. The maximum absolute atomic E-state index is 9.72. The van der Waals surface area contributed by atoms with E-state index in [1.165, 1.54) is 4.88 Å². The number of nitrogens with one attached hydrogen (secondary N) is 1. The maximum Gasteiger partial charge on any atom is 0.0897 e. The van der Waals surface area contributed by atoms with Gasteiger partial charge in [0.05, 0.1) is 22.1 Å². The Bertz CT molecular complexity index is 349. The second-order valence-electron chi connectivity index (χ2n) is 5.24. The zero-order valence-corrected chi connectivity index (χ0v) is 13.6. The molecule has 5 heteroatoms. The summed E-state index contributed by atoms with van der Waals surface area (Å²) in [6, 6.07) is 4.18. The minimum Gasteiger partial charge on any atom is -0.389 e. The third-order valence-corrected chi connectivity index (χ3v) is 3.95. The summed E-state index contributed by atoms with van der Waals surface area (Å²) < 4.78 is 6.68. The Balaban J connectivity index is 2.07. The van der Waals surface area contributed by atoms with Crippen molar-refractivity contribution in [2.75, 3.05) is 19.7 Å². The molecule has 0 aliphatic heterocycles. The molecule has 0 aliphatic carbocycles. The lowest BCUT2D eigenvalue weighted by atomic mass is 10.2. The lowest BCUT2D eigenvalue weighted by Gasteiger charge is -2.22. The van der Waals surface area contributed by atoms with E-state index in [0.717, 1.165) is 16.8 Å². The van der Waals surface area contributed by atoms with Gasteiger partial charge in [0.1, 0.15) is 0 Å². The van der Waals surface area contributed by atoms with Crippen molar-refractivity contribution in [1.29, 1.82) is 0 Å². The quantitative estimate of drug-likeness (QED) is 0.753. The summed E-state index contributed by atoms with van der Waals surface area (Å²) in [6.07, 6.45) is 0.544. The van der Waals surface area contributed by atoms with Gasteiger partial charge in [-0.2, -0.15) is 0 Å². The molecule has 1 rings (SSSR count). The summed E-state index contributed by atoms with van der Waals surface area (Å²) in [4.78, 5) is 1.34. The zero-order valence-electron chi connectivity index (χ0n) is 11.2. The van der Waals surface area contributed by atoms with Crippen LogP contribution >= 0.6 is 27.3 Å². The van der Waals surface area contributed by atoms with Gasteiger partial charge in [0.15, 0.2) is 0 Å². The minimum atomic E-state index is -0.445. The Morgan fingerprint density at radius 2 is 2.17 bits per heavy atom. The largest absolute Gasteiger partial charge is 0.389 e. The van der Waals surface area contributed by atoms with Crippen molar-refractivity contribution in [3.8, 4) is 0 Å². The van der Waals surface area contributed by atoms with Crippen LogP contribution in [0.5, 0.6) is 0 Å². The second-order valence-corrected chi connectivity index (χ2v) is 7.78. The van der Waals surface area contributed by atoms with Crippen LogP contribution in [-0.4, -0.2) is 36.5 Å². The van der Waals surface area contributed by atoms with Crippen LogP contribution in [-0.2, 0) is 11.2 Å². The van der Waals surface area contributed by atoms with E-state index >= 15 is 0 Å². The highest BCUT2D eigenvalue weighted by Crippen LogP contribution is 2.21. The molecule has 0 fully saturated rings. The summed E-state index contributed by atoms with van der Waals surface area (Å²) in [5.74, 6) is 0. The summed E-state index contributed by atoms with van der Waals surface area (Å²) in [7, 11) is 0. The maximum atomic E-state index is 9.72. The number of thiophene rings is 1. The Kier molecular flexibility index (Phi) is 6.81. The second kappa shape index (κ2) is 7.60.